The van der Waals surface area contributed by atoms with E-state index in [1.807, 2.05) is 17.2 Å². The molecule has 1 saturated heterocycles. The molecule has 1 unspecified atom stereocenters. The topological polar surface area (TPSA) is 101 Å². The number of furan rings is 1. The van der Waals surface area contributed by atoms with Crippen molar-refractivity contribution in [3.8, 4) is 0 Å². The van der Waals surface area contributed by atoms with E-state index in [1.165, 1.54) is 6.26 Å². The Labute approximate surface area is 104 Å². The summed E-state index contributed by atoms with van der Waals surface area (Å²) < 4.78 is 5.28. The molecule has 0 saturated carbocycles. The van der Waals surface area contributed by atoms with Gasteiger partial charge < -0.3 is 9.73 Å². The summed E-state index contributed by atoms with van der Waals surface area (Å²) in [5.74, 6) is 5.28. The van der Waals surface area contributed by atoms with Crippen LogP contribution < -0.4 is 16.6 Å². The summed E-state index contributed by atoms with van der Waals surface area (Å²) in [7, 11) is 0. The Balaban J connectivity index is 2.03. The van der Waals surface area contributed by atoms with Crippen molar-refractivity contribution in [3.63, 3.8) is 0 Å². The zero-order chi connectivity index (χ0) is 13.1. The number of nitrogens with zero attached hydrogens (tertiary/aromatic N) is 1. The highest BCUT2D eigenvalue weighted by Crippen LogP contribution is 2.13. The lowest BCUT2D eigenvalue weighted by molar-refractivity contribution is -0.128. The molecule has 1 aliphatic heterocycles. The third-order valence-electron chi connectivity index (χ3n) is 3.03. The van der Waals surface area contributed by atoms with Crippen LogP contribution in [0.25, 0.3) is 0 Å². The normalized spacial score (nSPS) is 20.6. The van der Waals surface area contributed by atoms with Crippen LogP contribution in [-0.4, -0.2) is 35.8 Å². The minimum atomic E-state index is -0.394. The van der Waals surface area contributed by atoms with E-state index >= 15 is 0 Å². The van der Waals surface area contributed by atoms with Crippen molar-refractivity contribution in [2.24, 2.45) is 5.84 Å². The van der Waals surface area contributed by atoms with Crippen LogP contribution >= 0.6 is 0 Å². The van der Waals surface area contributed by atoms with Crippen LogP contribution in [0.2, 0.25) is 0 Å². The Bertz CT molecular complexity index is 457. The smallest absolute Gasteiger partial charge is 0.268 e. The quantitative estimate of drug-likeness (QED) is 0.371. The standard InChI is InChI=1S/C11H16N4O3/c1-7-10(16)13-2-3-15(7)5-9-4-8(6-18-9)11(17)14-12/h4,6-7H,2-3,5,12H2,1H3,(H,13,16)(H,14,17). The van der Waals surface area contributed by atoms with Gasteiger partial charge in [-0.05, 0) is 13.0 Å². The Morgan fingerprint density at radius 1 is 1.72 bits per heavy atom. The summed E-state index contributed by atoms with van der Waals surface area (Å²) in [6, 6.07) is 1.43. The Kier molecular flexibility index (Phi) is 3.63. The molecule has 1 fully saturated rings. The average Bonchev–Trinajstić information content (AvgIpc) is 2.82. The lowest BCUT2D eigenvalue weighted by Gasteiger charge is -2.31. The van der Waals surface area contributed by atoms with E-state index in [0.717, 1.165) is 6.54 Å². The predicted molar refractivity (Wildman–Crippen MR) is 63.2 cm³/mol. The number of amides is 2. The number of rotatable bonds is 3. The number of piperazine rings is 1. The average molecular weight is 252 g/mol. The van der Waals surface area contributed by atoms with Crippen molar-refractivity contribution in [3.05, 3.63) is 23.7 Å². The van der Waals surface area contributed by atoms with Crippen LogP contribution in [0.5, 0.6) is 0 Å². The first-order valence-corrected chi connectivity index (χ1v) is 5.72. The Morgan fingerprint density at radius 3 is 3.22 bits per heavy atom. The fourth-order valence-corrected chi connectivity index (χ4v) is 1.91. The van der Waals surface area contributed by atoms with Gasteiger partial charge in [0, 0.05) is 13.1 Å². The fraction of sp³-hybridized carbons (Fsp3) is 0.455. The maximum Gasteiger partial charge on any atom is 0.268 e. The third kappa shape index (κ3) is 2.52. The van der Waals surface area contributed by atoms with Gasteiger partial charge >= 0.3 is 0 Å². The molecule has 1 aromatic heterocycles. The summed E-state index contributed by atoms with van der Waals surface area (Å²) >= 11 is 0. The second-order valence-corrected chi connectivity index (χ2v) is 4.21. The number of hydrogen-bond acceptors (Lipinski definition) is 5. The molecule has 18 heavy (non-hydrogen) atoms. The summed E-state index contributed by atoms with van der Waals surface area (Å²) in [5, 5.41) is 2.79. The monoisotopic (exact) mass is 252 g/mol. The van der Waals surface area contributed by atoms with E-state index < -0.39 is 5.91 Å². The van der Waals surface area contributed by atoms with Crippen LogP contribution in [0.15, 0.2) is 16.7 Å². The third-order valence-corrected chi connectivity index (χ3v) is 3.03. The largest absolute Gasteiger partial charge is 0.467 e. The van der Waals surface area contributed by atoms with Crippen molar-refractivity contribution >= 4 is 11.8 Å². The molecule has 0 radical (unpaired) electrons. The summed E-state index contributed by atoms with van der Waals surface area (Å²) in [4.78, 5) is 24.7. The van der Waals surface area contributed by atoms with Crippen LogP contribution in [-0.2, 0) is 11.3 Å². The first kappa shape index (κ1) is 12.6. The second-order valence-electron chi connectivity index (χ2n) is 4.21. The lowest BCUT2D eigenvalue weighted by atomic mass is 10.2. The van der Waals surface area contributed by atoms with E-state index in [0.29, 0.717) is 24.4 Å². The number of hydrazine groups is 1. The van der Waals surface area contributed by atoms with E-state index in [-0.39, 0.29) is 11.9 Å². The van der Waals surface area contributed by atoms with Gasteiger partial charge in [-0.25, -0.2) is 5.84 Å². The predicted octanol–water partition coefficient (Wildman–Crippen LogP) is -0.797. The Morgan fingerprint density at radius 2 is 2.50 bits per heavy atom. The van der Waals surface area contributed by atoms with Crippen LogP contribution in [0.4, 0.5) is 0 Å². The molecule has 2 rings (SSSR count). The molecule has 2 heterocycles. The molecule has 0 aromatic carbocycles. The molecule has 1 atom stereocenters. The van der Waals surface area contributed by atoms with E-state index in [1.54, 1.807) is 6.07 Å². The van der Waals surface area contributed by atoms with Gasteiger partial charge in [-0.2, -0.15) is 0 Å². The SMILES string of the molecule is CC1C(=O)NCCN1Cc1cc(C(=O)NN)co1. The van der Waals surface area contributed by atoms with Gasteiger partial charge in [0.05, 0.1) is 18.2 Å². The molecule has 1 aliphatic rings. The molecule has 98 valence electrons. The first-order valence-electron chi connectivity index (χ1n) is 5.72. The van der Waals surface area contributed by atoms with Crippen LogP contribution in [0.3, 0.4) is 0 Å². The molecule has 1 aromatic rings. The number of carbonyl (C=O) groups is 2. The van der Waals surface area contributed by atoms with Crippen LogP contribution in [0, 0.1) is 0 Å². The Hall–Kier alpha value is -1.86. The van der Waals surface area contributed by atoms with Gasteiger partial charge in [0.25, 0.3) is 5.91 Å². The van der Waals surface area contributed by atoms with Crippen molar-refractivity contribution in [1.29, 1.82) is 0 Å². The van der Waals surface area contributed by atoms with Crippen molar-refractivity contribution < 1.29 is 14.0 Å². The second kappa shape index (κ2) is 5.19. The van der Waals surface area contributed by atoms with Crippen molar-refractivity contribution in [1.82, 2.24) is 15.6 Å². The number of nitrogen functional groups attached to an aromatic ring is 1. The summed E-state index contributed by atoms with van der Waals surface area (Å²) in [6.45, 7) is 3.71. The first-order chi connectivity index (χ1) is 8.61. The molecular formula is C11H16N4O3. The highest BCUT2D eigenvalue weighted by Gasteiger charge is 2.26. The van der Waals surface area contributed by atoms with Gasteiger partial charge in [-0.15, -0.1) is 0 Å². The highest BCUT2D eigenvalue weighted by molar-refractivity contribution is 5.93. The van der Waals surface area contributed by atoms with Crippen LogP contribution in [0.1, 0.15) is 23.0 Å². The minimum Gasteiger partial charge on any atom is -0.467 e. The summed E-state index contributed by atoms with van der Waals surface area (Å²) in [5.41, 5.74) is 2.41. The minimum absolute atomic E-state index is 0.00716. The molecule has 0 aliphatic carbocycles. The van der Waals surface area contributed by atoms with Crippen molar-refractivity contribution in [2.75, 3.05) is 13.1 Å². The zero-order valence-electron chi connectivity index (χ0n) is 10.1. The molecule has 0 spiro atoms. The van der Waals surface area contributed by atoms with E-state index in [9.17, 15) is 9.59 Å². The molecular weight excluding hydrogens is 236 g/mol. The van der Waals surface area contributed by atoms with Gasteiger partial charge in [0.1, 0.15) is 12.0 Å². The number of carbonyl (C=O) groups excluding carboxylic acids is 2. The number of nitrogens with two attached hydrogens (primary N) is 1. The fourth-order valence-electron chi connectivity index (χ4n) is 1.91. The lowest BCUT2D eigenvalue weighted by Crippen LogP contribution is -2.53. The van der Waals surface area contributed by atoms with E-state index in [2.05, 4.69) is 5.32 Å². The summed E-state index contributed by atoms with van der Waals surface area (Å²) in [6.07, 6.45) is 1.35. The highest BCUT2D eigenvalue weighted by atomic mass is 16.3. The maximum atomic E-state index is 11.5. The molecule has 2 amide bonds. The molecule has 7 heteroatoms. The molecule has 0 bridgehead atoms. The molecule has 4 N–H and O–H groups in total. The molecule has 7 nitrogen and oxygen atoms in total. The zero-order valence-corrected chi connectivity index (χ0v) is 10.1. The maximum absolute atomic E-state index is 11.5. The van der Waals surface area contributed by atoms with E-state index in [4.69, 9.17) is 10.3 Å². The van der Waals surface area contributed by atoms with Gasteiger partial charge in [0.15, 0.2) is 0 Å². The van der Waals surface area contributed by atoms with Gasteiger partial charge in [-0.3, -0.25) is 19.9 Å². The number of nitrogens with one attached hydrogen (secondary N) is 2. The number of hydrogen-bond donors (Lipinski definition) is 3. The van der Waals surface area contributed by atoms with Gasteiger partial charge in [-0.1, -0.05) is 0 Å². The van der Waals surface area contributed by atoms with Gasteiger partial charge in [0.2, 0.25) is 5.91 Å². The van der Waals surface area contributed by atoms with Crippen molar-refractivity contribution in [2.45, 2.75) is 19.5 Å².